The molecule has 9 heteroatoms. The van der Waals surface area contributed by atoms with Crippen LogP contribution in [-0.2, 0) is 20.4 Å². The summed E-state index contributed by atoms with van der Waals surface area (Å²) in [5.74, 6) is -0.960. The number of carbonyl (C=O) groups excluding carboxylic acids is 3. The number of nitrogens with one attached hydrogen (secondary N) is 1. The molecule has 0 radical (unpaired) electrons. The predicted molar refractivity (Wildman–Crippen MR) is 101 cm³/mol. The van der Waals surface area contributed by atoms with Gasteiger partial charge in [-0.15, -0.1) is 0 Å². The second-order valence-corrected chi connectivity index (χ2v) is 8.37. The first-order valence-corrected chi connectivity index (χ1v) is 9.94. The number of hydrogen-bond donors (Lipinski definition) is 2. The van der Waals surface area contributed by atoms with Gasteiger partial charge in [-0.3, -0.25) is 14.5 Å². The standard InChI is InChI=1S/C19H19N3O5S/c1-12-3-5-13(6-4-12)16(23)11-22-17(24)19(2,21-18(22)25)14-7-9-15(10-8-14)28(20,26)27/h3-10H,11H2,1-2H3,(H,21,25)(H2,20,26,27). The van der Waals surface area contributed by atoms with E-state index >= 15 is 0 Å². The average molecular weight is 401 g/mol. The molecule has 0 aliphatic carbocycles. The number of rotatable bonds is 5. The van der Waals surface area contributed by atoms with Gasteiger partial charge in [-0.05, 0) is 31.5 Å². The lowest BCUT2D eigenvalue weighted by molar-refractivity contribution is -0.130. The first-order chi connectivity index (χ1) is 13.0. The maximum Gasteiger partial charge on any atom is 0.325 e. The van der Waals surface area contributed by atoms with Gasteiger partial charge in [0.05, 0.1) is 11.4 Å². The van der Waals surface area contributed by atoms with Gasteiger partial charge in [-0.1, -0.05) is 42.0 Å². The number of benzene rings is 2. The van der Waals surface area contributed by atoms with Gasteiger partial charge in [0, 0.05) is 5.56 Å². The third-order valence-electron chi connectivity index (χ3n) is 4.71. The summed E-state index contributed by atoms with van der Waals surface area (Å²) >= 11 is 0. The third kappa shape index (κ3) is 3.54. The summed E-state index contributed by atoms with van der Waals surface area (Å²) in [5, 5.41) is 7.65. The maximum absolute atomic E-state index is 12.9. The Morgan fingerprint density at radius 1 is 1.07 bits per heavy atom. The molecule has 1 aliphatic heterocycles. The monoisotopic (exact) mass is 401 g/mol. The van der Waals surface area contributed by atoms with E-state index in [9.17, 15) is 22.8 Å². The van der Waals surface area contributed by atoms with Crippen LogP contribution in [0, 0.1) is 6.92 Å². The number of hydrogen-bond acceptors (Lipinski definition) is 5. The third-order valence-corrected chi connectivity index (χ3v) is 5.64. The first kappa shape index (κ1) is 19.7. The zero-order valence-electron chi connectivity index (χ0n) is 15.3. The number of Topliss-reactive ketones (excluding diaryl/α,β-unsaturated/α-hetero) is 1. The molecule has 0 bridgehead atoms. The van der Waals surface area contributed by atoms with Crippen molar-refractivity contribution in [3.05, 3.63) is 65.2 Å². The summed E-state index contributed by atoms with van der Waals surface area (Å²) in [7, 11) is -3.87. The van der Waals surface area contributed by atoms with Gasteiger partial charge in [0.2, 0.25) is 10.0 Å². The molecule has 1 aliphatic rings. The Balaban J connectivity index is 1.84. The van der Waals surface area contributed by atoms with E-state index in [0.717, 1.165) is 10.5 Å². The Morgan fingerprint density at radius 2 is 1.64 bits per heavy atom. The van der Waals surface area contributed by atoms with Gasteiger partial charge >= 0.3 is 6.03 Å². The largest absolute Gasteiger partial charge is 0.325 e. The number of urea groups is 1. The fraction of sp³-hybridized carbons (Fsp3) is 0.211. The molecule has 1 heterocycles. The molecule has 1 saturated heterocycles. The van der Waals surface area contributed by atoms with Crippen molar-refractivity contribution in [2.45, 2.75) is 24.3 Å². The fourth-order valence-corrected chi connectivity index (χ4v) is 3.50. The highest BCUT2D eigenvalue weighted by Gasteiger charge is 2.49. The molecule has 1 unspecified atom stereocenters. The van der Waals surface area contributed by atoms with Crippen molar-refractivity contribution in [3.8, 4) is 0 Å². The number of carbonyl (C=O) groups is 3. The lowest BCUT2D eigenvalue weighted by atomic mass is 9.92. The van der Waals surface area contributed by atoms with Crippen LogP contribution in [0.4, 0.5) is 4.79 Å². The van der Waals surface area contributed by atoms with E-state index in [1.807, 2.05) is 6.92 Å². The number of sulfonamides is 1. The highest BCUT2D eigenvalue weighted by Crippen LogP contribution is 2.29. The van der Waals surface area contributed by atoms with Gasteiger partial charge in [0.1, 0.15) is 5.54 Å². The number of nitrogens with two attached hydrogens (primary N) is 1. The van der Waals surface area contributed by atoms with Crippen molar-refractivity contribution in [3.63, 3.8) is 0 Å². The lowest BCUT2D eigenvalue weighted by Crippen LogP contribution is -2.41. The normalized spacial score (nSPS) is 19.6. The Labute approximate surface area is 162 Å². The second kappa shape index (κ2) is 6.84. The summed E-state index contributed by atoms with van der Waals surface area (Å²) in [6.45, 7) is 2.99. The number of ketones is 1. The molecule has 0 aromatic heterocycles. The molecule has 28 heavy (non-hydrogen) atoms. The van der Waals surface area contributed by atoms with Crippen LogP contribution in [0.2, 0.25) is 0 Å². The molecule has 1 fully saturated rings. The lowest BCUT2D eigenvalue weighted by Gasteiger charge is -2.22. The minimum atomic E-state index is -3.87. The summed E-state index contributed by atoms with van der Waals surface area (Å²) in [6.07, 6.45) is 0. The molecular weight excluding hydrogens is 382 g/mol. The molecule has 2 aromatic carbocycles. The molecule has 2 aromatic rings. The number of primary sulfonamides is 1. The van der Waals surface area contributed by atoms with Crippen molar-refractivity contribution >= 4 is 27.7 Å². The van der Waals surface area contributed by atoms with Gasteiger partial charge in [-0.2, -0.15) is 0 Å². The summed E-state index contributed by atoms with van der Waals surface area (Å²) < 4.78 is 22.8. The van der Waals surface area contributed by atoms with Gasteiger partial charge in [-0.25, -0.2) is 18.4 Å². The highest BCUT2D eigenvalue weighted by molar-refractivity contribution is 7.89. The smallest absolute Gasteiger partial charge is 0.319 e. The Morgan fingerprint density at radius 3 is 2.18 bits per heavy atom. The van der Waals surface area contributed by atoms with Crippen LogP contribution in [-0.4, -0.2) is 37.6 Å². The quantitative estimate of drug-likeness (QED) is 0.577. The topological polar surface area (TPSA) is 127 Å². The zero-order chi connectivity index (χ0) is 20.7. The van der Waals surface area contributed by atoms with Crippen molar-refractivity contribution in [1.82, 2.24) is 10.2 Å². The van der Waals surface area contributed by atoms with E-state index in [0.29, 0.717) is 11.1 Å². The second-order valence-electron chi connectivity index (χ2n) is 6.81. The Kier molecular flexibility index (Phi) is 4.82. The summed E-state index contributed by atoms with van der Waals surface area (Å²) in [4.78, 5) is 38.4. The number of aryl methyl sites for hydroxylation is 1. The van der Waals surface area contributed by atoms with E-state index in [1.54, 1.807) is 24.3 Å². The van der Waals surface area contributed by atoms with E-state index in [4.69, 9.17) is 5.14 Å². The van der Waals surface area contributed by atoms with Crippen LogP contribution >= 0.6 is 0 Å². The molecule has 3 amide bonds. The van der Waals surface area contributed by atoms with Crippen LogP contribution < -0.4 is 10.5 Å². The predicted octanol–water partition coefficient (Wildman–Crippen LogP) is 1.29. The van der Waals surface area contributed by atoms with Gasteiger partial charge in [0.15, 0.2) is 5.78 Å². The number of amides is 3. The fourth-order valence-electron chi connectivity index (χ4n) is 2.99. The Bertz CT molecular complexity index is 1060. The van der Waals surface area contributed by atoms with Gasteiger partial charge < -0.3 is 5.32 Å². The van der Waals surface area contributed by atoms with E-state index < -0.39 is 34.0 Å². The van der Waals surface area contributed by atoms with Crippen LogP contribution in [0.5, 0.6) is 0 Å². The minimum absolute atomic E-state index is 0.108. The first-order valence-electron chi connectivity index (χ1n) is 8.40. The number of nitrogens with zero attached hydrogens (tertiary/aromatic N) is 1. The molecule has 3 N–H and O–H groups in total. The molecule has 146 valence electrons. The molecular formula is C19H19N3O5S. The zero-order valence-corrected chi connectivity index (χ0v) is 16.1. The van der Waals surface area contributed by atoms with Crippen molar-refractivity contribution in [1.29, 1.82) is 0 Å². The molecule has 8 nitrogen and oxygen atoms in total. The van der Waals surface area contributed by atoms with Crippen molar-refractivity contribution < 1.29 is 22.8 Å². The van der Waals surface area contributed by atoms with E-state index in [2.05, 4.69) is 5.32 Å². The van der Waals surface area contributed by atoms with Crippen LogP contribution in [0.25, 0.3) is 0 Å². The molecule has 0 saturated carbocycles. The molecule has 3 rings (SSSR count). The molecule has 1 atom stereocenters. The van der Waals surface area contributed by atoms with Gasteiger partial charge in [0.25, 0.3) is 5.91 Å². The van der Waals surface area contributed by atoms with E-state index in [1.165, 1.54) is 31.2 Å². The SMILES string of the molecule is Cc1ccc(C(=O)CN2C(=O)NC(C)(c3ccc(S(N)(=O)=O)cc3)C2=O)cc1. The van der Waals surface area contributed by atoms with Crippen LogP contribution in [0.15, 0.2) is 53.4 Å². The van der Waals surface area contributed by atoms with Crippen LogP contribution in [0.1, 0.15) is 28.4 Å². The maximum atomic E-state index is 12.9. The highest BCUT2D eigenvalue weighted by atomic mass is 32.2. The Hall–Kier alpha value is -3.04. The molecule has 0 spiro atoms. The minimum Gasteiger partial charge on any atom is -0.319 e. The summed E-state index contributed by atoms with van der Waals surface area (Å²) in [5.41, 5.74) is 0.351. The van der Waals surface area contributed by atoms with Crippen molar-refractivity contribution in [2.24, 2.45) is 5.14 Å². The van der Waals surface area contributed by atoms with Crippen LogP contribution in [0.3, 0.4) is 0 Å². The van der Waals surface area contributed by atoms with Crippen molar-refractivity contribution in [2.75, 3.05) is 6.54 Å². The number of imide groups is 1. The average Bonchev–Trinajstić information content (AvgIpc) is 2.86. The van der Waals surface area contributed by atoms with E-state index in [-0.39, 0.29) is 10.7 Å². The summed E-state index contributed by atoms with van der Waals surface area (Å²) in [6, 6.07) is 11.5.